The molecule has 0 saturated carbocycles. The summed E-state index contributed by atoms with van der Waals surface area (Å²) in [6.07, 6.45) is 1.53. The molecule has 0 amide bonds. The van der Waals surface area contributed by atoms with Gasteiger partial charge in [-0.15, -0.1) is 0 Å². The van der Waals surface area contributed by atoms with Crippen LogP contribution < -0.4 is 10.1 Å². The number of fused-ring (bicyclic) bond motifs is 1. The Morgan fingerprint density at radius 2 is 2.14 bits per heavy atom. The number of aliphatic carboxylic acids is 1. The van der Waals surface area contributed by atoms with E-state index in [4.69, 9.17) is 4.74 Å². The van der Waals surface area contributed by atoms with Crippen LogP contribution in [0.25, 0.3) is 0 Å². The van der Waals surface area contributed by atoms with Crippen molar-refractivity contribution in [1.29, 1.82) is 0 Å². The van der Waals surface area contributed by atoms with E-state index < -0.39 is 12.0 Å². The highest BCUT2D eigenvalue weighted by Gasteiger charge is 2.29. The molecule has 4 heteroatoms. The molecule has 1 aromatic rings. The molecule has 4 nitrogen and oxygen atoms in total. The summed E-state index contributed by atoms with van der Waals surface area (Å²) in [5, 5.41) is 12.4. The highest BCUT2D eigenvalue weighted by molar-refractivity contribution is 5.73. The Labute approximate surface area is 126 Å². The normalized spacial score (nSPS) is 17.4. The van der Waals surface area contributed by atoms with Gasteiger partial charge in [0.15, 0.2) is 0 Å². The van der Waals surface area contributed by atoms with Crippen molar-refractivity contribution in [3.05, 3.63) is 29.3 Å². The van der Waals surface area contributed by atoms with Crippen LogP contribution in [0.15, 0.2) is 18.2 Å². The van der Waals surface area contributed by atoms with E-state index in [1.54, 1.807) is 0 Å². The lowest BCUT2D eigenvalue weighted by Crippen LogP contribution is -2.37. The van der Waals surface area contributed by atoms with Crippen molar-refractivity contribution >= 4 is 5.97 Å². The van der Waals surface area contributed by atoms with E-state index in [0.717, 1.165) is 17.7 Å². The molecule has 116 valence electrons. The van der Waals surface area contributed by atoms with Crippen LogP contribution in [0, 0.1) is 5.92 Å². The Kier molecular flexibility index (Phi) is 4.57. The summed E-state index contributed by atoms with van der Waals surface area (Å²) in [6.45, 7) is 8.79. The third kappa shape index (κ3) is 4.21. The summed E-state index contributed by atoms with van der Waals surface area (Å²) >= 11 is 0. The number of ether oxygens (including phenoxy) is 1. The first-order valence-corrected chi connectivity index (χ1v) is 7.54. The zero-order valence-corrected chi connectivity index (χ0v) is 13.3. The summed E-state index contributed by atoms with van der Waals surface area (Å²) < 4.78 is 5.85. The van der Waals surface area contributed by atoms with Gasteiger partial charge in [-0.1, -0.05) is 26.0 Å². The molecule has 0 aromatic heterocycles. The third-order valence-corrected chi connectivity index (χ3v) is 3.69. The van der Waals surface area contributed by atoms with Gasteiger partial charge in [0, 0.05) is 13.0 Å². The second kappa shape index (κ2) is 6.06. The summed E-state index contributed by atoms with van der Waals surface area (Å²) in [6, 6.07) is 5.61. The smallest absolute Gasteiger partial charge is 0.320 e. The first-order chi connectivity index (χ1) is 9.77. The van der Waals surface area contributed by atoms with Crippen molar-refractivity contribution < 1.29 is 14.6 Å². The van der Waals surface area contributed by atoms with Crippen molar-refractivity contribution in [1.82, 2.24) is 5.32 Å². The number of carbonyl (C=O) groups is 1. The molecular weight excluding hydrogens is 266 g/mol. The van der Waals surface area contributed by atoms with Crippen molar-refractivity contribution in [3.8, 4) is 5.75 Å². The number of hydrogen-bond acceptors (Lipinski definition) is 3. The summed E-state index contributed by atoms with van der Waals surface area (Å²) in [5.41, 5.74) is 2.16. The zero-order chi connectivity index (χ0) is 15.6. The first kappa shape index (κ1) is 15.8. The summed E-state index contributed by atoms with van der Waals surface area (Å²) in [7, 11) is 0. The fourth-order valence-corrected chi connectivity index (χ4v) is 2.76. The molecule has 0 bridgehead atoms. The lowest BCUT2D eigenvalue weighted by Gasteiger charge is -2.17. The highest BCUT2D eigenvalue weighted by Crippen LogP contribution is 2.35. The second-order valence-electron chi connectivity index (χ2n) is 6.88. The molecule has 1 aliphatic rings. The molecule has 1 aromatic carbocycles. The van der Waals surface area contributed by atoms with E-state index in [1.165, 1.54) is 5.56 Å². The van der Waals surface area contributed by atoms with Crippen LogP contribution in [0.5, 0.6) is 5.75 Å². The summed E-state index contributed by atoms with van der Waals surface area (Å²) in [5.74, 6) is 0.517. The van der Waals surface area contributed by atoms with Crippen molar-refractivity contribution in [2.45, 2.75) is 58.7 Å². The molecule has 0 radical (unpaired) electrons. The molecule has 0 spiro atoms. The van der Waals surface area contributed by atoms with Gasteiger partial charge in [0.25, 0.3) is 0 Å². The average molecular weight is 291 g/mol. The zero-order valence-electron chi connectivity index (χ0n) is 13.3. The van der Waals surface area contributed by atoms with Crippen molar-refractivity contribution in [3.63, 3.8) is 0 Å². The van der Waals surface area contributed by atoms with Crippen LogP contribution in [0.3, 0.4) is 0 Å². The van der Waals surface area contributed by atoms with Crippen LogP contribution in [-0.4, -0.2) is 22.7 Å². The molecular formula is C17H25NO3. The van der Waals surface area contributed by atoms with E-state index >= 15 is 0 Å². The van der Waals surface area contributed by atoms with Gasteiger partial charge >= 0.3 is 5.97 Å². The van der Waals surface area contributed by atoms with E-state index in [1.807, 2.05) is 26.0 Å². The molecule has 21 heavy (non-hydrogen) atoms. The van der Waals surface area contributed by atoms with Crippen LogP contribution in [0.2, 0.25) is 0 Å². The van der Waals surface area contributed by atoms with Gasteiger partial charge in [0.1, 0.15) is 17.4 Å². The van der Waals surface area contributed by atoms with Gasteiger partial charge in [-0.05, 0) is 43.4 Å². The van der Waals surface area contributed by atoms with Crippen LogP contribution in [0.1, 0.15) is 45.2 Å². The van der Waals surface area contributed by atoms with E-state index in [2.05, 4.69) is 25.2 Å². The predicted octanol–water partition coefficient (Wildman–Crippen LogP) is 2.99. The minimum atomic E-state index is -0.783. The van der Waals surface area contributed by atoms with Crippen LogP contribution in [0.4, 0.5) is 0 Å². The molecule has 1 heterocycles. The quantitative estimate of drug-likeness (QED) is 0.846. The minimum absolute atomic E-state index is 0.143. The standard InChI is InChI=1S/C17H25NO3/c1-11(2)7-14(16(19)20)18-10-12-5-6-15-13(8-12)9-17(3,4)21-15/h5-6,8,11,14,18H,7,9-10H2,1-4H3,(H,19,20). The van der Waals surface area contributed by atoms with Crippen LogP contribution >= 0.6 is 0 Å². The molecule has 1 aliphatic heterocycles. The maximum absolute atomic E-state index is 11.2. The number of benzene rings is 1. The lowest BCUT2D eigenvalue weighted by molar-refractivity contribution is -0.140. The van der Waals surface area contributed by atoms with Gasteiger partial charge in [0.05, 0.1) is 0 Å². The first-order valence-electron chi connectivity index (χ1n) is 7.54. The fourth-order valence-electron chi connectivity index (χ4n) is 2.76. The Morgan fingerprint density at radius 3 is 2.76 bits per heavy atom. The van der Waals surface area contributed by atoms with Crippen molar-refractivity contribution in [2.75, 3.05) is 0 Å². The number of carboxylic acid groups (broad SMARTS) is 1. The van der Waals surface area contributed by atoms with Crippen LogP contribution in [-0.2, 0) is 17.8 Å². The number of rotatable bonds is 6. The molecule has 0 fully saturated rings. The third-order valence-electron chi connectivity index (χ3n) is 3.69. The Morgan fingerprint density at radius 1 is 1.43 bits per heavy atom. The number of nitrogens with one attached hydrogen (secondary N) is 1. The average Bonchev–Trinajstić information content (AvgIpc) is 2.66. The molecule has 1 atom stereocenters. The monoisotopic (exact) mass is 291 g/mol. The Balaban J connectivity index is 2.00. The van der Waals surface area contributed by atoms with Gasteiger partial charge in [-0.2, -0.15) is 0 Å². The molecule has 0 aliphatic carbocycles. The number of hydrogen-bond donors (Lipinski definition) is 2. The van der Waals surface area contributed by atoms with Gasteiger partial charge < -0.3 is 15.2 Å². The van der Waals surface area contributed by atoms with Crippen molar-refractivity contribution in [2.24, 2.45) is 5.92 Å². The highest BCUT2D eigenvalue weighted by atomic mass is 16.5. The molecule has 2 rings (SSSR count). The molecule has 0 saturated heterocycles. The SMILES string of the molecule is CC(C)CC(NCc1ccc2c(c1)CC(C)(C)O2)C(=O)O. The van der Waals surface area contributed by atoms with Gasteiger partial charge in [-0.25, -0.2) is 0 Å². The largest absolute Gasteiger partial charge is 0.487 e. The lowest BCUT2D eigenvalue weighted by atomic mass is 10.00. The Bertz CT molecular complexity index is 523. The second-order valence-corrected chi connectivity index (χ2v) is 6.88. The van der Waals surface area contributed by atoms with Gasteiger partial charge in [-0.3, -0.25) is 4.79 Å². The summed E-state index contributed by atoms with van der Waals surface area (Å²) in [4.78, 5) is 11.2. The topological polar surface area (TPSA) is 58.6 Å². The minimum Gasteiger partial charge on any atom is -0.487 e. The van der Waals surface area contributed by atoms with Gasteiger partial charge in [0.2, 0.25) is 0 Å². The molecule has 1 unspecified atom stereocenters. The predicted molar refractivity (Wildman–Crippen MR) is 82.6 cm³/mol. The maximum atomic E-state index is 11.2. The number of carboxylic acids is 1. The maximum Gasteiger partial charge on any atom is 0.320 e. The fraction of sp³-hybridized carbons (Fsp3) is 0.588. The van der Waals surface area contributed by atoms with E-state index in [0.29, 0.717) is 18.9 Å². The molecule has 2 N–H and O–H groups in total. The van der Waals surface area contributed by atoms with E-state index in [9.17, 15) is 9.90 Å². The van der Waals surface area contributed by atoms with E-state index in [-0.39, 0.29) is 5.60 Å². The Hall–Kier alpha value is -1.55.